The van der Waals surface area contributed by atoms with Gasteiger partial charge >= 0.3 is 12.6 Å². The summed E-state index contributed by atoms with van der Waals surface area (Å²) in [6.07, 6.45) is 7.29. The Morgan fingerprint density at radius 1 is 1.02 bits per heavy atom. The number of esters is 1. The lowest BCUT2D eigenvalue weighted by Crippen LogP contribution is -2.36. The number of alkyl halides is 2. The van der Waals surface area contributed by atoms with Crippen molar-refractivity contribution in [2.45, 2.75) is 32.0 Å². The highest BCUT2D eigenvalue weighted by atomic mass is 35.5. The molecule has 3 heterocycles. The number of rotatable bonds is 13. The molecule has 1 aliphatic carbocycles. The first-order chi connectivity index (χ1) is 23.5. The third-order valence-electron chi connectivity index (χ3n) is 8.21. The van der Waals surface area contributed by atoms with E-state index in [0.717, 1.165) is 23.4 Å². The number of amides is 1. The molecule has 0 unspecified atom stereocenters. The number of Topliss-reactive ketones (excluding diaryl/α,β-unsaturated/α-hetero) is 1. The molecule has 0 bridgehead atoms. The number of ketones is 1. The summed E-state index contributed by atoms with van der Waals surface area (Å²) >= 11 is 12.8. The average molecular weight is 713 g/mol. The minimum Gasteiger partial charge on any atom is -0.489 e. The van der Waals surface area contributed by atoms with E-state index in [9.17, 15) is 23.2 Å². The molecule has 254 valence electrons. The minimum atomic E-state index is -3.09. The number of carbonyl (C=O) groups is 3. The number of hydrogen-bond acceptors (Lipinski definition) is 8. The number of anilines is 2. The molecule has 2 aliphatic rings. The SMILES string of the molecule is CN(C)c1cc[n+](-c2ccc3c(c2)N(CC(=O)O[C@@H](Cc2c(Cl)cncc2Cl)c2ccc(OC(F)F)c(OCC4CC4)c2)C(=O)C3=O)cc1. The maximum Gasteiger partial charge on any atom is 0.387 e. The molecule has 1 amide bonds. The summed E-state index contributed by atoms with van der Waals surface area (Å²) < 4.78 is 44.7. The second-order valence-corrected chi connectivity index (χ2v) is 12.7. The van der Waals surface area contributed by atoms with Crippen molar-refractivity contribution < 1.29 is 41.9 Å². The molecule has 0 N–H and O–H groups in total. The van der Waals surface area contributed by atoms with E-state index in [1.165, 1.54) is 30.6 Å². The fraction of sp³-hybridized carbons (Fsp3) is 0.286. The monoisotopic (exact) mass is 711 g/mol. The number of halogens is 4. The van der Waals surface area contributed by atoms with Crippen molar-refractivity contribution in [3.05, 3.63) is 100 Å². The highest BCUT2D eigenvalue weighted by Crippen LogP contribution is 2.38. The summed E-state index contributed by atoms with van der Waals surface area (Å²) in [6, 6.07) is 13.0. The summed E-state index contributed by atoms with van der Waals surface area (Å²) in [5.74, 6) is -2.28. The lowest BCUT2D eigenvalue weighted by molar-refractivity contribution is -0.595. The van der Waals surface area contributed by atoms with Crippen LogP contribution in [0, 0.1) is 5.92 Å². The smallest absolute Gasteiger partial charge is 0.387 e. The fourth-order valence-electron chi connectivity index (χ4n) is 5.38. The van der Waals surface area contributed by atoms with Gasteiger partial charge in [0.25, 0.3) is 11.7 Å². The van der Waals surface area contributed by atoms with Crippen LogP contribution in [0.5, 0.6) is 11.5 Å². The van der Waals surface area contributed by atoms with E-state index in [0.29, 0.717) is 29.3 Å². The molecular formula is C35H31Cl2F2N4O6+. The van der Waals surface area contributed by atoms with Crippen molar-refractivity contribution in [3.8, 4) is 17.2 Å². The first-order valence-corrected chi connectivity index (χ1v) is 16.1. The lowest BCUT2D eigenvalue weighted by Gasteiger charge is -2.23. The molecule has 49 heavy (non-hydrogen) atoms. The van der Waals surface area contributed by atoms with E-state index in [-0.39, 0.29) is 39.2 Å². The number of ether oxygens (including phenoxy) is 3. The van der Waals surface area contributed by atoms with Crippen LogP contribution in [0.2, 0.25) is 10.0 Å². The van der Waals surface area contributed by atoms with Gasteiger partial charge in [0.15, 0.2) is 23.9 Å². The van der Waals surface area contributed by atoms with Gasteiger partial charge in [-0.1, -0.05) is 29.3 Å². The molecule has 0 radical (unpaired) electrons. The number of nitrogens with zero attached hydrogens (tertiary/aromatic N) is 4. The van der Waals surface area contributed by atoms with Gasteiger partial charge < -0.3 is 19.1 Å². The summed E-state index contributed by atoms with van der Waals surface area (Å²) in [5, 5.41) is 0.434. The van der Waals surface area contributed by atoms with Crippen LogP contribution in [-0.4, -0.2) is 56.5 Å². The molecule has 0 spiro atoms. The van der Waals surface area contributed by atoms with E-state index >= 15 is 0 Å². The minimum absolute atomic E-state index is 0.0315. The fourth-order valence-corrected chi connectivity index (χ4v) is 5.90. The van der Waals surface area contributed by atoms with Gasteiger partial charge in [0.2, 0.25) is 5.69 Å². The van der Waals surface area contributed by atoms with Crippen molar-refractivity contribution in [2.24, 2.45) is 5.92 Å². The van der Waals surface area contributed by atoms with Gasteiger partial charge in [-0.3, -0.25) is 24.3 Å². The maximum absolute atomic E-state index is 13.6. The van der Waals surface area contributed by atoms with E-state index in [4.69, 9.17) is 32.7 Å². The maximum atomic E-state index is 13.6. The van der Waals surface area contributed by atoms with Crippen LogP contribution in [0.15, 0.2) is 73.3 Å². The number of aromatic nitrogens is 2. The van der Waals surface area contributed by atoms with Crippen LogP contribution in [0.3, 0.4) is 0 Å². The van der Waals surface area contributed by atoms with Crippen LogP contribution in [0.4, 0.5) is 20.2 Å². The summed E-state index contributed by atoms with van der Waals surface area (Å²) in [4.78, 5) is 46.6. The standard InChI is InChI=1S/C35H31Cl2F2N4O6/c1-41(2)22-9-11-42(12-10-22)23-6-7-24-28(14-23)43(34(46)33(24)45)18-32(44)48-30(15-25-26(36)16-40-17-27(25)37)21-5-8-29(49-35(38)39)31(13-21)47-19-20-3-4-20/h5-14,16-17,20,30,35H,3-4,15,18-19H2,1-2H3/q+1/t30-/m0/s1. The third-order valence-corrected chi connectivity index (χ3v) is 8.86. The molecule has 4 aromatic rings. The molecule has 2 aromatic heterocycles. The summed E-state index contributed by atoms with van der Waals surface area (Å²) in [7, 11) is 3.85. The van der Waals surface area contributed by atoms with Gasteiger partial charge in [-0.15, -0.1) is 0 Å². The molecule has 6 rings (SSSR count). The Morgan fingerprint density at radius 3 is 2.39 bits per heavy atom. The molecule has 2 aromatic carbocycles. The Hall–Kier alpha value is -4.81. The molecule has 1 saturated carbocycles. The zero-order chi connectivity index (χ0) is 34.8. The summed E-state index contributed by atoms with van der Waals surface area (Å²) in [5.41, 5.74) is 2.85. The highest BCUT2D eigenvalue weighted by molar-refractivity contribution is 6.52. The quantitative estimate of drug-likeness (QED) is 0.0921. The number of fused-ring (bicyclic) bond motifs is 1. The van der Waals surface area contributed by atoms with Crippen molar-refractivity contribution in [1.82, 2.24) is 4.98 Å². The van der Waals surface area contributed by atoms with Crippen LogP contribution in [0.1, 0.15) is 40.4 Å². The second-order valence-electron chi connectivity index (χ2n) is 11.9. The molecule has 1 atom stereocenters. The van der Waals surface area contributed by atoms with Crippen molar-refractivity contribution in [1.29, 1.82) is 0 Å². The number of benzene rings is 2. The second kappa shape index (κ2) is 14.4. The van der Waals surface area contributed by atoms with Gasteiger partial charge in [0.05, 0.1) is 27.9 Å². The first kappa shape index (κ1) is 34.1. The van der Waals surface area contributed by atoms with E-state index in [1.807, 2.05) is 48.1 Å². The van der Waals surface area contributed by atoms with E-state index in [2.05, 4.69) is 9.72 Å². The largest absolute Gasteiger partial charge is 0.489 e. The predicted molar refractivity (Wildman–Crippen MR) is 177 cm³/mol. The van der Waals surface area contributed by atoms with Gasteiger partial charge in [-0.05, 0) is 48.1 Å². The molecule has 10 nitrogen and oxygen atoms in total. The van der Waals surface area contributed by atoms with Gasteiger partial charge in [0.1, 0.15) is 12.6 Å². The summed E-state index contributed by atoms with van der Waals surface area (Å²) in [6.45, 7) is -3.37. The first-order valence-electron chi connectivity index (χ1n) is 15.4. The highest BCUT2D eigenvalue weighted by Gasteiger charge is 2.38. The number of hydrogen-bond donors (Lipinski definition) is 0. The van der Waals surface area contributed by atoms with Gasteiger partial charge in [-0.25, -0.2) is 0 Å². The Bertz CT molecular complexity index is 1890. The van der Waals surface area contributed by atoms with E-state index in [1.54, 1.807) is 18.2 Å². The molecule has 0 saturated heterocycles. The van der Waals surface area contributed by atoms with Crippen molar-refractivity contribution in [3.63, 3.8) is 0 Å². The average Bonchev–Trinajstić information content (AvgIpc) is 3.88. The Labute approximate surface area is 290 Å². The van der Waals surface area contributed by atoms with Crippen molar-refractivity contribution in [2.75, 3.05) is 37.0 Å². The van der Waals surface area contributed by atoms with Crippen molar-refractivity contribution >= 4 is 52.2 Å². The predicted octanol–water partition coefficient (Wildman–Crippen LogP) is 6.18. The Kier molecular flexibility index (Phi) is 9.98. The number of pyridine rings is 2. The zero-order valence-electron chi connectivity index (χ0n) is 26.4. The molecular weight excluding hydrogens is 681 g/mol. The topological polar surface area (TPSA) is 102 Å². The zero-order valence-corrected chi connectivity index (χ0v) is 28.0. The van der Waals surface area contributed by atoms with Gasteiger partial charge in [0, 0.05) is 62.9 Å². The molecule has 14 heteroatoms. The van der Waals surface area contributed by atoms with Gasteiger partial charge in [-0.2, -0.15) is 13.3 Å². The normalized spacial score (nSPS) is 14.6. The Balaban J connectivity index is 1.29. The third kappa shape index (κ3) is 7.76. The molecule has 1 aliphatic heterocycles. The van der Waals surface area contributed by atoms with E-state index < -0.39 is 36.9 Å². The molecule has 1 fully saturated rings. The number of carbonyl (C=O) groups excluding carboxylic acids is 3. The van der Waals surface area contributed by atoms with Crippen LogP contribution < -0.4 is 23.8 Å². The van der Waals surface area contributed by atoms with Crippen LogP contribution in [0.25, 0.3) is 5.69 Å². The van der Waals surface area contributed by atoms with Crippen LogP contribution >= 0.6 is 23.2 Å². The van der Waals surface area contributed by atoms with Crippen LogP contribution in [-0.2, 0) is 20.7 Å². The lowest BCUT2D eigenvalue weighted by atomic mass is 10.0. The Morgan fingerprint density at radius 2 is 1.73 bits per heavy atom.